The molecule has 0 N–H and O–H groups in total. The van der Waals surface area contributed by atoms with E-state index in [0.717, 1.165) is 6.42 Å². The average molecular weight is 228 g/mol. The van der Waals surface area contributed by atoms with Crippen LogP contribution in [0.25, 0.3) is 0 Å². The van der Waals surface area contributed by atoms with Crippen LogP contribution in [0.2, 0.25) is 0 Å². The SMILES string of the molecule is COC(=O)[C@H]1[C@H](c2ccccc2)[C@H]2C=C[C@@H]1C2. The summed E-state index contributed by atoms with van der Waals surface area (Å²) in [6.07, 6.45) is 5.55. The van der Waals surface area contributed by atoms with Gasteiger partial charge in [-0.1, -0.05) is 42.5 Å². The molecule has 0 saturated heterocycles. The first-order chi connectivity index (χ1) is 8.31. The van der Waals surface area contributed by atoms with Crippen molar-refractivity contribution in [1.82, 2.24) is 0 Å². The van der Waals surface area contributed by atoms with Crippen LogP contribution in [0.3, 0.4) is 0 Å². The zero-order valence-electron chi connectivity index (χ0n) is 9.87. The van der Waals surface area contributed by atoms with Crippen LogP contribution in [-0.4, -0.2) is 13.1 Å². The highest BCUT2D eigenvalue weighted by molar-refractivity contribution is 5.75. The molecular weight excluding hydrogens is 212 g/mol. The number of carbonyl (C=O) groups excluding carboxylic acids is 1. The van der Waals surface area contributed by atoms with E-state index in [1.807, 2.05) is 18.2 Å². The Balaban J connectivity index is 1.97. The van der Waals surface area contributed by atoms with Gasteiger partial charge in [-0.25, -0.2) is 0 Å². The Labute approximate surface area is 101 Å². The van der Waals surface area contributed by atoms with Gasteiger partial charge in [0.2, 0.25) is 0 Å². The summed E-state index contributed by atoms with van der Waals surface area (Å²) in [5.74, 6) is 1.14. The molecule has 2 aliphatic rings. The van der Waals surface area contributed by atoms with Crippen molar-refractivity contribution in [3.63, 3.8) is 0 Å². The molecular formula is C15H16O2. The summed E-state index contributed by atoms with van der Waals surface area (Å²) < 4.78 is 4.97. The number of carbonyl (C=O) groups is 1. The maximum Gasteiger partial charge on any atom is 0.309 e. The Bertz CT molecular complexity index is 449. The van der Waals surface area contributed by atoms with E-state index in [0.29, 0.717) is 17.8 Å². The van der Waals surface area contributed by atoms with Crippen molar-refractivity contribution in [3.8, 4) is 0 Å². The summed E-state index contributed by atoms with van der Waals surface area (Å²) in [7, 11) is 1.49. The van der Waals surface area contributed by atoms with E-state index in [9.17, 15) is 4.79 Å². The highest BCUT2D eigenvalue weighted by Gasteiger charge is 2.49. The van der Waals surface area contributed by atoms with Crippen LogP contribution in [0.1, 0.15) is 17.9 Å². The number of fused-ring (bicyclic) bond motifs is 2. The molecule has 0 heterocycles. The van der Waals surface area contributed by atoms with Crippen LogP contribution in [0.5, 0.6) is 0 Å². The third-order valence-electron chi connectivity index (χ3n) is 4.12. The van der Waals surface area contributed by atoms with Crippen molar-refractivity contribution in [2.24, 2.45) is 17.8 Å². The molecule has 2 heteroatoms. The van der Waals surface area contributed by atoms with Gasteiger partial charge in [0.25, 0.3) is 0 Å². The van der Waals surface area contributed by atoms with E-state index in [1.54, 1.807) is 0 Å². The minimum atomic E-state index is -0.0595. The third kappa shape index (κ3) is 1.59. The van der Waals surface area contributed by atoms with Gasteiger partial charge in [-0.15, -0.1) is 0 Å². The lowest BCUT2D eigenvalue weighted by Crippen LogP contribution is -2.27. The molecule has 2 nitrogen and oxygen atoms in total. The Morgan fingerprint density at radius 2 is 1.88 bits per heavy atom. The molecule has 17 heavy (non-hydrogen) atoms. The van der Waals surface area contributed by atoms with Gasteiger partial charge in [0.1, 0.15) is 0 Å². The number of hydrogen-bond donors (Lipinski definition) is 0. The van der Waals surface area contributed by atoms with Gasteiger partial charge in [-0.2, -0.15) is 0 Å². The van der Waals surface area contributed by atoms with Crippen molar-refractivity contribution in [3.05, 3.63) is 48.0 Å². The van der Waals surface area contributed by atoms with Gasteiger partial charge in [0.15, 0.2) is 0 Å². The first-order valence-electron chi connectivity index (χ1n) is 6.12. The first-order valence-corrected chi connectivity index (χ1v) is 6.12. The summed E-state index contributed by atoms with van der Waals surface area (Å²) in [5.41, 5.74) is 1.26. The van der Waals surface area contributed by atoms with Crippen LogP contribution in [-0.2, 0) is 9.53 Å². The first kappa shape index (κ1) is 10.6. The molecule has 3 rings (SSSR count). The molecule has 1 aromatic rings. The Hall–Kier alpha value is -1.57. The standard InChI is InChI=1S/C15H16O2/c1-17-15(16)14-12-8-7-11(9-12)13(14)10-5-3-2-4-6-10/h2-8,11-14H,9H2,1H3/t11-,12+,13+,14+/m0/s1. The Morgan fingerprint density at radius 1 is 1.18 bits per heavy atom. The highest BCUT2D eigenvalue weighted by atomic mass is 16.5. The van der Waals surface area contributed by atoms with E-state index < -0.39 is 0 Å². The Morgan fingerprint density at radius 3 is 2.59 bits per heavy atom. The smallest absolute Gasteiger partial charge is 0.309 e. The fourth-order valence-corrected chi connectivity index (χ4v) is 3.41. The molecule has 1 saturated carbocycles. The summed E-state index contributed by atoms with van der Waals surface area (Å²) in [6.45, 7) is 0. The molecule has 1 aromatic carbocycles. The summed E-state index contributed by atoms with van der Waals surface area (Å²) in [4.78, 5) is 11.9. The number of methoxy groups -OCH3 is 1. The molecule has 0 aromatic heterocycles. The number of hydrogen-bond acceptors (Lipinski definition) is 2. The number of benzene rings is 1. The van der Waals surface area contributed by atoms with E-state index in [-0.39, 0.29) is 11.9 Å². The minimum Gasteiger partial charge on any atom is -0.469 e. The average Bonchev–Trinajstić information content (AvgIpc) is 2.99. The van der Waals surface area contributed by atoms with Gasteiger partial charge < -0.3 is 4.74 Å². The molecule has 0 radical (unpaired) electrons. The lowest BCUT2D eigenvalue weighted by molar-refractivity contribution is -0.146. The predicted octanol–water partition coefficient (Wildman–Crippen LogP) is 2.77. The number of rotatable bonds is 2. The molecule has 88 valence electrons. The van der Waals surface area contributed by atoms with Gasteiger partial charge in [0, 0.05) is 5.92 Å². The zero-order chi connectivity index (χ0) is 11.8. The van der Waals surface area contributed by atoms with Crippen LogP contribution in [0.15, 0.2) is 42.5 Å². The molecule has 0 unspecified atom stereocenters. The quantitative estimate of drug-likeness (QED) is 0.574. The van der Waals surface area contributed by atoms with Crippen LogP contribution < -0.4 is 0 Å². The fourth-order valence-electron chi connectivity index (χ4n) is 3.41. The second-order valence-electron chi connectivity index (χ2n) is 4.93. The van der Waals surface area contributed by atoms with E-state index >= 15 is 0 Å². The maximum absolute atomic E-state index is 11.9. The second kappa shape index (κ2) is 4.02. The zero-order valence-corrected chi connectivity index (χ0v) is 9.87. The maximum atomic E-state index is 11.9. The predicted molar refractivity (Wildman–Crippen MR) is 65.4 cm³/mol. The third-order valence-corrected chi connectivity index (χ3v) is 4.12. The number of allylic oxidation sites excluding steroid dienone is 2. The van der Waals surface area contributed by atoms with E-state index in [4.69, 9.17) is 4.74 Å². The molecule has 0 amide bonds. The normalized spacial score (nSPS) is 33.9. The second-order valence-corrected chi connectivity index (χ2v) is 4.93. The van der Waals surface area contributed by atoms with E-state index in [1.165, 1.54) is 12.7 Å². The summed E-state index contributed by atoms with van der Waals surface area (Å²) in [6, 6.07) is 10.3. The van der Waals surface area contributed by atoms with Gasteiger partial charge in [-0.3, -0.25) is 4.79 Å². The van der Waals surface area contributed by atoms with Crippen LogP contribution in [0, 0.1) is 17.8 Å². The highest BCUT2D eigenvalue weighted by Crippen LogP contribution is 2.53. The van der Waals surface area contributed by atoms with Gasteiger partial charge in [0.05, 0.1) is 13.0 Å². The van der Waals surface area contributed by atoms with Crippen molar-refractivity contribution >= 4 is 5.97 Å². The lowest BCUT2D eigenvalue weighted by Gasteiger charge is -2.26. The van der Waals surface area contributed by atoms with Gasteiger partial charge in [-0.05, 0) is 23.8 Å². The van der Waals surface area contributed by atoms with Crippen molar-refractivity contribution in [1.29, 1.82) is 0 Å². The molecule has 1 fully saturated rings. The minimum absolute atomic E-state index is 0.0115. The molecule has 2 bridgehead atoms. The van der Waals surface area contributed by atoms with Crippen LogP contribution >= 0.6 is 0 Å². The number of ether oxygens (including phenoxy) is 1. The fraction of sp³-hybridized carbons (Fsp3) is 0.400. The van der Waals surface area contributed by atoms with Crippen molar-refractivity contribution < 1.29 is 9.53 Å². The van der Waals surface area contributed by atoms with Gasteiger partial charge >= 0.3 is 5.97 Å². The summed E-state index contributed by atoms with van der Waals surface area (Å²) >= 11 is 0. The largest absolute Gasteiger partial charge is 0.469 e. The van der Waals surface area contributed by atoms with Crippen LogP contribution in [0.4, 0.5) is 0 Å². The molecule has 2 aliphatic carbocycles. The lowest BCUT2D eigenvalue weighted by atomic mass is 9.78. The molecule has 0 spiro atoms. The molecule has 4 atom stereocenters. The molecule has 0 aliphatic heterocycles. The van der Waals surface area contributed by atoms with E-state index in [2.05, 4.69) is 24.3 Å². The number of esters is 1. The summed E-state index contributed by atoms with van der Waals surface area (Å²) in [5, 5.41) is 0. The van der Waals surface area contributed by atoms with Crippen molar-refractivity contribution in [2.75, 3.05) is 7.11 Å². The van der Waals surface area contributed by atoms with Crippen molar-refractivity contribution in [2.45, 2.75) is 12.3 Å². The Kier molecular flexibility index (Phi) is 2.50. The monoisotopic (exact) mass is 228 g/mol. The topological polar surface area (TPSA) is 26.3 Å².